The fraction of sp³-hybridized carbons (Fsp3) is 0.0588. The van der Waals surface area contributed by atoms with E-state index < -0.39 is 11.8 Å². The second-order valence-corrected chi connectivity index (χ2v) is 4.79. The van der Waals surface area contributed by atoms with Gasteiger partial charge in [-0.15, -0.1) is 0 Å². The van der Waals surface area contributed by atoms with Crippen LogP contribution in [0.3, 0.4) is 0 Å². The number of pyridine rings is 1. The monoisotopic (exact) mass is 324 g/mol. The summed E-state index contributed by atoms with van der Waals surface area (Å²) < 4.78 is 0. The van der Waals surface area contributed by atoms with Gasteiger partial charge in [0, 0.05) is 24.9 Å². The maximum Gasteiger partial charge on any atom is 0.288 e. The molecule has 122 valence electrons. The fourth-order valence-corrected chi connectivity index (χ4v) is 1.77. The number of benzene rings is 1. The summed E-state index contributed by atoms with van der Waals surface area (Å²) in [4.78, 5) is 38.2. The molecule has 1 heterocycles. The number of anilines is 1. The Labute approximate surface area is 138 Å². The van der Waals surface area contributed by atoms with Gasteiger partial charge in [0.05, 0.1) is 0 Å². The molecule has 0 spiro atoms. The predicted octanol–water partition coefficient (Wildman–Crippen LogP) is 1.51. The first-order chi connectivity index (χ1) is 11.5. The highest BCUT2D eigenvalue weighted by Gasteiger charge is 2.06. The third-order valence-corrected chi connectivity index (χ3v) is 2.85. The number of nitrogens with one attached hydrogen (secondary N) is 3. The maximum atomic E-state index is 11.7. The number of hydrogen-bond acceptors (Lipinski definition) is 4. The van der Waals surface area contributed by atoms with Crippen LogP contribution < -0.4 is 16.2 Å². The second-order valence-electron chi connectivity index (χ2n) is 4.79. The molecule has 0 atom stereocenters. The van der Waals surface area contributed by atoms with Gasteiger partial charge in [-0.3, -0.25) is 30.2 Å². The number of rotatable bonds is 4. The summed E-state index contributed by atoms with van der Waals surface area (Å²) in [6.45, 7) is 1.43. The molecule has 1 aromatic carbocycles. The highest BCUT2D eigenvalue weighted by atomic mass is 16.2. The van der Waals surface area contributed by atoms with Gasteiger partial charge in [0.15, 0.2) is 0 Å². The summed E-state index contributed by atoms with van der Waals surface area (Å²) in [6.07, 6.45) is 4.35. The third kappa shape index (κ3) is 5.38. The minimum atomic E-state index is -0.503. The molecule has 3 N–H and O–H groups in total. The van der Waals surface area contributed by atoms with Crippen molar-refractivity contribution in [2.24, 2.45) is 0 Å². The van der Waals surface area contributed by atoms with E-state index >= 15 is 0 Å². The molecule has 0 aliphatic heterocycles. The number of nitrogens with zero attached hydrogens (tertiary/aromatic N) is 1. The van der Waals surface area contributed by atoms with Crippen LogP contribution in [0, 0.1) is 0 Å². The SMILES string of the molecule is CC(=O)Nc1ccc(/C=C/C(=O)NNC(=O)c2ccccn2)cc1. The topological polar surface area (TPSA) is 100 Å². The Balaban J connectivity index is 1.84. The zero-order valence-electron chi connectivity index (χ0n) is 12.9. The molecule has 0 aliphatic carbocycles. The van der Waals surface area contributed by atoms with E-state index in [-0.39, 0.29) is 11.6 Å². The van der Waals surface area contributed by atoms with Gasteiger partial charge in [0.2, 0.25) is 5.91 Å². The van der Waals surface area contributed by atoms with Gasteiger partial charge in [0.25, 0.3) is 11.8 Å². The second kappa shape index (κ2) is 8.23. The number of carbonyl (C=O) groups is 3. The summed E-state index contributed by atoms with van der Waals surface area (Å²) in [5, 5.41) is 2.65. The van der Waals surface area contributed by atoms with E-state index in [1.165, 1.54) is 25.3 Å². The van der Waals surface area contributed by atoms with Gasteiger partial charge >= 0.3 is 0 Å². The molecule has 0 fully saturated rings. The first-order valence-corrected chi connectivity index (χ1v) is 7.11. The lowest BCUT2D eigenvalue weighted by Gasteiger charge is -2.04. The lowest BCUT2D eigenvalue weighted by Crippen LogP contribution is -2.41. The van der Waals surface area contributed by atoms with E-state index in [0.29, 0.717) is 5.69 Å². The van der Waals surface area contributed by atoms with Crippen molar-refractivity contribution in [3.63, 3.8) is 0 Å². The molecule has 7 nitrogen and oxygen atoms in total. The van der Waals surface area contributed by atoms with E-state index in [2.05, 4.69) is 21.2 Å². The van der Waals surface area contributed by atoms with Gasteiger partial charge in [0.1, 0.15) is 5.69 Å². The van der Waals surface area contributed by atoms with Crippen molar-refractivity contribution in [3.05, 3.63) is 66.0 Å². The van der Waals surface area contributed by atoms with Crippen LogP contribution in [0.15, 0.2) is 54.7 Å². The maximum absolute atomic E-state index is 11.7. The average molecular weight is 324 g/mol. The van der Waals surface area contributed by atoms with Crippen molar-refractivity contribution in [2.45, 2.75) is 6.92 Å². The van der Waals surface area contributed by atoms with Crippen LogP contribution in [-0.2, 0) is 9.59 Å². The van der Waals surface area contributed by atoms with Crippen LogP contribution in [0.2, 0.25) is 0 Å². The Morgan fingerprint density at radius 2 is 1.75 bits per heavy atom. The Hall–Kier alpha value is -3.48. The normalized spacial score (nSPS) is 10.2. The predicted molar refractivity (Wildman–Crippen MR) is 89.6 cm³/mol. The number of hydrazine groups is 1. The Morgan fingerprint density at radius 3 is 2.38 bits per heavy atom. The first-order valence-electron chi connectivity index (χ1n) is 7.11. The Morgan fingerprint density at radius 1 is 1.00 bits per heavy atom. The largest absolute Gasteiger partial charge is 0.326 e. The van der Waals surface area contributed by atoms with Crippen LogP contribution >= 0.6 is 0 Å². The number of aromatic nitrogens is 1. The van der Waals surface area contributed by atoms with Crippen LogP contribution in [0.25, 0.3) is 6.08 Å². The summed E-state index contributed by atoms with van der Waals surface area (Å²) in [5.74, 6) is -1.14. The molecule has 2 aromatic rings. The quantitative estimate of drug-likeness (QED) is 0.586. The summed E-state index contributed by atoms with van der Waals surface area (Å²) in [7, 11) is 0. The molecular formula is C17H16N4O3. The van der Waals surface area contributed by atoms with Crippen molar-refractivity contribution < 1.29 is 14.4 Å². The minimum absolute atomic E-state index is 0.152. The van der Waals surface area contributed by atoms with E-state index in [4.69, 9.17) is 0 Å². The first kappa shape index (κ1) is 16.9. The zero-order valence-corrected chi connectivity index (χ0v) is 12.9. The van der Waals surface area contributed by atoms with E-state index in [0.717, 1.165) is 5.56 Å². The summed E-state index contributed by atoms with van der Waals surface area (Å²) >= 11 is 0. The highest BCUT2D eigenvalue weighted by Crippen LogP contribution is 2.10. The molecule has 3 amide bonds. The zero-order chi connectivity index (χ0) is 17.4. The van der Waals surface area contributed by atoms with Crippen molar-refractivity contribution >= 4 is 29.5 Å². The highest BCUT2D eigenvalue weighted by molar-refractivity contribution is 5.96. The third-order valence-electron chi connectivity index (χ3n) is 2.85. The van der Waals surface area contributed by atoms with Gasteiger partial charge in [-0.25, -0.2) is 0 Å². The van der Waals surface area contributed by atoms with Gasteiger partial charge in [-0.1, -0.05) is 18.2 Å². The molecule has 0 radical (unpaired) electrons. The van der Waals surface area contributed by atoms with Crippen molar-refractivity contribution in [3.8, 4) is 0 Å². The van der Waals surface area contributed by atoms with Gasteiger partial charge in [-0.05, 0) is 35.9 Å². The Bertz CT molecular complexity index is 755. The molecule has 0 saturated carbocycles. The molecule has 0 unspecified atom stereocenters. The average Bonchev–Trinajstić information content (AvgIpc) is 2.59. The van der Waals surface area contributed by atoms with E-state index in [9.17, 15) is 14.4 Å². The van der Waals surface area contributed by atoms with Crippen LogP contribution in [-0.4, -0.2) is 22.7 Å². The molecule has 0 aliphatic rings. The molecular weight excluding hydrogens is 308 g/mol. The molecule has 2 rings (SSSR count). The van der Waals surface area contributed by atoms with Crippen LogP contribution in [0.1, 0.15) is 23.0 Å². The molecule has 7 heteroatoms. The molecule has 0 saturated heterocycles. The summed E-state index contributed by atoms with van der Waals surface area (Å²) in [6, 6.07) is 11.9. The fourth-order valence-electron chi connectivity index (χ4n) is 1.77. The van der Waals surface area contributed by atoms with Crippen LogP contribution in [0.5, 0.6) is 0 Å². The van der Waals surface area contributed by atoms with Crippen molar-refractivity contribution in [1.82, 2.24) is 15.8 Å². The van der Waals surface area contributed by atoms with Gasteiger partial charge < -0.3 is 5.32 Å². The van der Waals surface area contributed by atoms with E-state index in [1.807, 2.05) is 0 Å². The molecule has 24 heavy (non-hydrogen) atoms. The molecule has 1 aromatic heterocycles. The number of amides is 3. The van der Waals surface area contributed by atoms with Gasteiger partial charge in [-0.2, -0.15) is 0 Å². The van der Waals surface area contributed by atoms with Crippen molar-refractivity contribution in [2.75, 3.05) is 5.32 Å². The smallest absolute Gasteiger partial charge is 0.288 e. The number of hydrogen-bond donors (Lipinski definition) is 3. The van der Waals surface area contributed by atoms with E-state index in [1.54, 1.807) is 42.5 Å². The number of carbonyl (C=O) groups excluding carboxylic acids is 3. The lowest BCUT2D eigenvalue weighted by atomic mass is 10.2. The lowest BCUT2D eigenvalue weighted by molar-refractivity contribution is -0.117. The minimum Gasteiger partial charge on any atom is -0.326 e. The Kier molecular flexibility index (Phi) is 5.79. The summed E-state index contributed by atoms with van der Waals surface area (Å²) in [5.41, 5.74) is 6.18. The molecule has 0 bridgehead atoms. The van der Waals surface area contributed by atoms with Crippen molar-refractivity contribution in [1.29, 1.82) is 0 Å². The van der Waals surface area contributed by atoms with Crippen LogP contribution in [0.4, 0.5) is 5.69 Å². The standard InChI is InChI=1S/C17H16N4O3/c1-12(22)19-14-8-5-13(6-9-14)7-10-16(23)20-21-17(24)15-4-2-3-11-18-15/h2-11H,1H3,(H,19,22)(H,20,23)(H,21,24)/b10-7+.